The first kappa shape index (κ1) is 14.5. The predicted octanol–water partition coefficient (Wildman–Crippen LogP) is 2.46. The molecule has 2 rings (SSSR count). The van der Waals surface area contributed by atoms with Crippen LogP contribution in [0, 0.1) is 0 Å². The average Bonchev–Trinajstić information content (AvgIpc) is 2.85. The van der Waals surface area contributed by atoms with Crippen molar-refractivity contribution < 1.29 is 18.3 Å². The van der Waals surface area contributed by atoms with E-state index in [1.807, 2.05) is 0 Å². The third kappa shape index (κ3) is 3.58. The van der Waals surface area contributed by atoms with E-state index in [1.165, 1.54) is 23.5 Å². The van der Waals surface area contributed by atoms with E-state index in [4.69, 9.17) is 5.11 Å². The van der Waals surface area contributed by atoms with Crippen molar-refractivity contribution in [2.75, 3.05) is 11.6 Å². The smallest absolute Gasteiger partial charge is 0.336 e. The third-order valence-electron chi connectivity index (χ3n) is 2.65. The van der Waals surface area contributed by atoms with Gasteiger partial charge in [0.05, 0.1) is 10.5 Å². The summed E-state index contributed by atoms with van der Waals surface area (Å²) < 4.78 is 22.6. The molecule has 0 radical (unpaired) electrons. The van der Waals surface area contributed by atoms with Crippen molar-refractivity contribution in [3.8, 4) is 0 Å². The van der Waals surface area contributed by atoms with Crippen LogP contribution >= 0.6 is 11.3 Å². The van der Waals surface area contributed by atoms with E-state index in [9.17, 15) is 13.2 Å². The van der Waals surface area contributed by atoms with Crippen molar-refractivity contribution in [3.63, 3.8) is 0 Å². The molecule has 0 spiro atoms. The topological polar surface area (TPSA) is 83.5 Å². The Bertz CT molecular complexity index is 717. The fraction of sp³-hybridized carbons (Fsp3) is 0.154. The molecule has 0 saturated heterocycles. The van der Waals surface area contributed by atoms with Gasteiger partial charge in [0.15, 0.2) is 9.84 Å². The van der Waals surface area contributed by atoms with Crippen LogP contribution in [0.25, 0.3) is 0 Å². The highest BCUT2D eigenvalue weighted by Crippen LogP contribution is 2.18. The number of anilines is 1. The lowest BCUT2D eigenvalue weighted by molar-refractivity contribution is 0.0697. The van der Waals surface area contributed by atoms with Crippen LogP contribution in [-0.2, 0) is 16.4 Å². The third-order valence-corrected chi connectivity index (χ3v) is 4.72. The van der Waals surface area contributed by atoms with Gasteiger partial charge in [-0.2, -0.15) is 0 Å². The summed E-state index contributed by atoms with van der Waals surface area (Å²) >= 11 is 1.37. The van der Waals surface area contributed by atoms with Crippen molar-refractivity contribution in [1.82, 2.24) is 0 Å². The first-order valence-electron chi connectivity index (χ1n) is 5.71. The number of rotatable bonds is 5. The molecule has 2 N–H and O–H groups in total. The molecule has 1 aromatic carbocycles. The molecular formula is C13H13NO4S2. The Morgan fingerprint density at radius 3 is 2.45 bits per heavy atom. The van der Waals surface area contributed by atoms with E-state index in [0.29, 0.717) is 6.54 Å². The van der Waals surface area contributed by atoms with Crippen LogP contribution in [0.2, 0.25) is 0 Å². The zero-order valence-electron chi connectivity index (χ0n) is 10.7. The maximum Gasteiger partial charge on any atom is 0.336 e. The van der Waals surface area contributed by atoms with E-state index < -0.39 is 15.8 Å². The Labute approximate surface area is 120 Å². The van der Waals surface area contributed by atoms with Crippen molar-refractivity contribution in [1.29, 1.82) is 0 Å². The Morgan fingerprint density at radius 1 is 1.30 bits per heavy atom. The highest BCUT2D eigenvalue weighted by molar-refractivity contribution is 7.90. The van der Waals surface area contributed by atoms with Gasteiger partial charge < -0.3 is 10.4 Å². The summed E-state index contributed by atoms with van der Waals surface area (Å²) in [5.41, 5.74) is 1.06. The number of carboxylic acid groups (broad SMARTS) is 1. The molecule has 1 heterocycles. The van der Waals surface area contributed by atoms with E-state index >= 15 is 0 Å². The molecule has 0 fully saturated rings. The van der Waals surface area contributed by atoms with Crippen molar-refractivity contribution in [2.45, 2.75) is 11.4 Å². The first-order valence-corrected chi connectivity index (χ1v) is 8.48. The van der Waals surface area contributed by atoms with E-state index in [-0.39, 0.29) is 10.5 Å². The van der Waals surface area contributed by atoms with E-state index in [1.54, 1.807) is 23.6 Å². The highest BCUT2D eigenvalue weighted by Gasteiger charge is 2.07. The maximum atomic E-state index is 11.3. The summed E-state index contributed by atoms with van der Waals surface area (Å²) in [5, 5.41) is 13.5. The summed E-state index contributed by atoms with van der Waals surface area (Å²) in [6, 6.07) is 8.05. The molecule has 0 amide bonds. The van der Waals surface area contributed by atoms with Gasteiger partial charge in [-0.05, 0) is 30.3 Å². The zero-order valence-corrected chi connectivity index (χ0v) is 12.3. The predicted molar refractivity (Wildman–Crippen MR) is 78.2 cm³/mol. The van der Waals surface area contributed by atoms with E-state index in [2.05, 4.69) is 5.32 Å². The molecule has 7 heteroatoms. The maximum absolute atomic E-state index is 11.3. The van der Waals surface area contributed by atoms with Gasteiger partial charge in [0.25, 0.3) is 0 Å². The number of sulfone groups is 1. The SMILES string of the molecule is CS(=O)(=O)c1ccc(NCc2cc(C(=O)O)cs2)cc1. The summed E-state index contributed by atoms with van der Waals surface area (Å²) in [6.45, 7) is 0.496. The molecule has 2 aromatic rings. The Balaban J connectivity index is 2.02. The van der Waals surface area contributed by atoms with Gasteiger partial charge in [-0.1, -0.05) is 0 Å². The van der Waals surface area contributed by atoms with Gasteiger partial charge in [-0.25, -0.2) is 13.2 Å². The second kappa shape index (κ2) is 5.64. The number of benzene rings is 1. The van der Waals surface area contributed by atoms with Crippen LogP contribution in [0.4, 0.5) is 5.69 Å². The molecular weight excluding hydrogens is 298 g/mol. The molecule has 0 saturated carbocycles. The molecule has 106 valence electrons. The van der Waals surface area contributed by atoms with Gasteiger partial charge in [-0.3, -0.25) is 0 Å². The lowest BCUT2D eigenvalue weighted by Gasteiger charge is -2.05. The van der Waals surface area contributed by atoms with Gasteiger partial charge in [0.1, 0.15) is 0 Å². The second-order valence-corrected chi connectivity index (χ2v) is 7.27. The number of carboxylic acids is 1. The summed E-state index contributed by atoms with van der Waals surface area (Å²) in [4.78, 5) is 11.9. The van der Waals surface area contributed by atoms with Crippen LogP contribution in [0.1, 0.15) is 15.2 Å². The lowest BCUT2D eigenvalue weighted by atomic mass is 10.3. The molecule has 0 bridgehead atoms. The second-order valence-electron chi connectivity index (χ2n) is 4.26. The molecule has 0 aliphatic carbocycles. The molecule has 0 aliphatic rings. The van der Waals surface area contributed by atoms with Gasteiger partial charge in [0, 0.05) is 28.7 Å². The largest absolute Gasteiger partial charge is 0.478 e. The van der Waals surface area contributed by atoms with Crippen LogP contribution in [0.15, 0.2) is 40.6 Å². The lowest BCUT2D eigenvalue weighted by Crippen LogP contribution is -2.00. The standard InChI is InChI=1S/C13H13NO4S2/c1-20(17,18)12-4-2-10(3-5-12)14-7-11-6-9(8-19-11)13(15)16/h2-6,8,14H,7H2,1H3,(H,15,16). The minimum atomic E-state index is -3.18. The normalized spacial score (nSPS) is 11.2. The molecule has 20 heavy (non-hydrogen) atoms. The Hall–Kier alpha value is -1.86. The number of hydrogen-bond donors (Lipinski definition) is 2. The Morgan fingerprint density at radius 2 is 1.95 bits per heavy atom. The van der Waals surface area contributed by atoms with E-state index in [0.717, 1.165) is 16.8 Å². The van der Waals surface area contributed by atoms with Gasteiger partial charge in [-0.15, -0.1) is 11.3 Å². The number of hydrogen-bond acceptors (Lipinski definition) is 5. The summed E-state index contributed by atoms with van der Waals surface area (Å²) in [7, 11) is -3.18. The van der Waals surface area contributed by atoms with Crippen LogP contribution in [0.5, 0.6) is 0 Å². The summed E-state index contributed by atoms with van der Waals surface area (Å²) in [5.74, 6) is -0.940. The van der Waals surface area contributed by atoms with Crippen LogP contribution in [0.3, 0.4) is 0 Å². The van der Waals surface area contributed by atoms with Crippen molar-refractivity contribution in [2.24, 2.45) is 0 Å². The minimum absolute atomic E-state index is 0.271. The highest BCUT2D eigenvalue weighted by atomic mass is 32.2. The van der Waals surface area contributed by atoms with Crippen LogP contribution < -0.4 is 5.32 Å². The quantitative estimate of drug-likeness (QED) is 0.886. The number of nitrogens with one attached hydrogen (secondary N) is 1. The number of carbonyl (C=O) groups is 1. The van der Waals surface area contributed by atoms with Gasteiger partial charge >= 0.3 is 5.97 Å². The molecule has 0 aliphatic heterocycles. The minimum Gasteiger partial charge on any atom is -0.478 e. The average molecular weight is 311 g/mol. The summed E-state index contributed by atoms with van der Waals surface area (Å²) in [6.07, 6.45) is 1.16. The Kier molecular flexibility index (Phi) is 4.10. The first-order chi connectivity index (χ1) is 9.36. The van der Waals surface area contributed by atoms with Gasteiger partial charge in [0.2, 0.25) is 0 Å². The molecule has 0 atom stereocenters. The van der Waals surface area contributed by atoms with Crippen molar-refractivity contribution in [3.05, 3.63) is 46.2 Å². The van der Waals surface area contributed by atoms with Crippen LogP contribution in [-0.4, -0.2) is 25.7 Å². The molecule has 0 unspecified atom stereocenters. The fourth-order valence-corrected chi connectivity index (χ4v) is 3.02. The molecule has 1 aromatic heterocycles. The number of aromatic carboxylic acids is 1. The number of thiophene rings is 1. The molecule has 5 nitrogen and oxygen atoms in total. The fourth-order valence-electron chi connectivity index (χ4n) is 1.59. The monoisotopic (exact) mass is 311 g/mol. The zero-order chi connectivity index (χ0) is 14.8. The van der Waals surface area contributed by atoms with Crippen molar-refractivity contribution >= 4 is 32.8 Å².